The summed E-state index contributed by atoms with van der Waals surface area (Å²) in [6.07, 6.45) is 0.250. The topological polar surface area (TPSA) is 63.3 Å². The molecular weight excluding hydrogens is 250 g/mol. The van der Waals surface area contributed by atoms with Gasteiger partial charge in [-0.1, -0.05) is 61.2 Å². The van der Waals surface area contributed by atoms with Gasteiger partial charge in [-0.3, -0.25) is 4.79 Å². The minimum Gasteiger partial charge on any atom is -0.480 e. The van der Waals surface area contributed by atoms with Crippen LogP contribution in [0.1, 0.15) is 12.0 Å². The monoisotopic (exact) mass is 267 g/mol. The Hall–Kier alpha value is -2.39. The van der Waals surface area contributed by atoms with Crippen LogP contribution in [0.5, 0.6) is 0 Å². The molecule has 102 valence electrons. The molecular formula is C17H17NO2. The van der Waals surface area contributed by atoms with Crippen molar-refractivity contribution in [2.24, 2.45) is 5.73 Å². The Labute approximate surface area is 118 Å². The van der Waals surface area contributed by atoms with Crippen molar-refractivity contribution in [3.63, 3.8) is 0 Å². The molecule has 3 nitrogen and oxygen atoms in total. The molecule has 0 aromatic heterocycles. The van der Waals surface area contributed by atoms with E-state index in [2.05, 4.69) is 6.58 Å². The molecule has 0 fully saturated rings. The Morgan fingerprint density at radius 1 is 1.05 bits per heavy atom. The first-order valence-electron chi connectivity index (χ1n) is 6.40. The first kappa shape index (κ1) is 14.0. The third kappa shape index (κ3) is 3.33. The van der Waals surface area contributed by atoms with Crippen LogP contribution in [0.15, 0.2) is 61.2 Å². The van der Waals surface area contributed by atoms with E-state index in [-0.39, 0.29) is 6.42 Å². The second kappa shape index (κ2) is 6.17. The highest BCUT2D eigenvalue weighted by Gasteiger charge is 2.13. The maximum absolute atomic E-state index is 10.7. The van der Waals surface area contributed by atoms with Crippen molar-refractivity contribution in [3.8, 4) is 11.1 Å². The van der Waals surface area contributed by atoms with E-state index in [9.17, 15) is 4.79 Å². The molecule has 1 unspecified atom stereocenters. The minimum atomic E-state index is -1.01. The molecule has 0 heterocycles. The van der Waals surface area contributed by atoms with Crippen LogP contribution in [-0.2, 0) is 4.79 Å². The summed E-state index contributed by atoms with van der Waals surface area (Å²) in [5, 5.41) is 8.80. The number of carboxylic acids is 1. The van der Waals surface area contributed by atoms with Crippen LogP contribution in [0, 0.1) is 0 Å². The molecule has 0 aliphatic rings. The molecule has 2 aromatic rings. The zero-order chi connectivity index (χ0) is 14.5. The second-order valence-corrected chi connectivity index (χ2v) is 4.70. The van der Waals surface area contributed by atoms with E-state index in [1.807, 2.05) is 54.6 Å². The Kier molecular flexibility index (Phi) is 4.33. The molecule has 2 aromatic carbocycles. The zero-order valence-electron chi connectivity index (χ0n) is 11.1. The van der Waals surface area contributed by atoms with E-state index < -0.39 is 12.0 Å². The van der Waals surface area contributed by atoms with Gasteiger partial charge in [0.05, 0.1) is 0 Å². The molecule has 0 bridgehead atoms. The van der Waals surface area contributed by atoms with Crippen molar-refractivity contribution in [1.82, 2.24) is 0 Å². The molecule has 1 atom stereocenters. The summed E-state index contributed by atoms with van der Waals surface area (Å²) in [6, 6.07) is 17.0. The highest BCUT2D eigenvalue weighted by Crippen LogP contribution is 2.23. The lowest BCUT2D eigenvalue weighted by atomic mass is 9.97. The molecule has 0 saturated heterocycles. The molecule has 20 heavy (non-hydrogen) atoms. The smallest absolute Gasteiger partial charge is 0.320 e. The molecule has 0 aliphatic carbocycles. The highest BCUT2D eigenvalue weighted by molar-refractivity contribution is 5.78. The summed E-state index contributed by atoms with van der Waals surface area (Å²) >= 11 is 0. The van der Waals surface area contributed by atoms with Gasteiger partial charge in [-0.2, -0.15) is 0 Å². The van der Waals surface area contributed by atoms with Gasteiger partial charge in [-0.15, -0.1) is 0 Å². The maximum Gasteiger partial charge on any atom is 0.320 e. The van der Waals surface area contributed by atoms with Gasteiger partial charge in [0.25, 0.3) is 0 Å². The number of rotatable bonds is 5. The van der Waals surface area contributed by atoms with Gasteiger partial charge in [0.15, 0.2) is 0 Å². The predicted octanol–water partition coefficient (Wildman–Crippen LogP) is 3.17. The molecule has 3 N–H and O–H groups in total. The van der Waals surface area contributed by atoms with Crippen molar-refractivity contribution in [2.45, 2.75) is 12.5 Å². The molecule has 0 saturated carbocycles. The van der Waals surface area contributed by atoms with Gasteiger partial charge < -0.3 is 10.8 Å². The second-order valence-electron chi connectivity index (χ2n) is 4.70. The number of carbonyl (C=O) groups is 1. The maximum atomic E-state index is 10.7. The average Bonchev–Trinajstić information content (AvgIpc) is 2.48. The summed E-state index contributed by atoms with van der Waals surface area (Å²) in [4.78, 5) is 10.7. The summed E-state index contributed by atoms with van der Waals surface area (Å²) in [6.45, 7) is 3.91. The fourth-order valence-corrected chi connectivity index (χ4v) is 2.00. The molecule has 0 spiro atoms. The molecule has 3 heteroatoms. The third-order valence-electron chi connectivity index (χ3n) is 3.18. The van der Waals surface area contributed by atoms with E-state index in [0.29, 0.717) is 0 Å². The Bertz CT molecular complexity index is 603. The predicted molar refractivity (Wildman–Crippen MR) is 81.1 cm³/mol. The van der Waals surface area contributed by atoms with Gasteiger partial charge in [0, 0.05) is 0 Å². The van der Waals surface area contributed by atoms with Gasteiger partial charge in [0.2, 0.25) is 0 Å². The van der Waals surface area contributed by atoms with Crippen molar-refractivity contribution < 1.29 is 9.90 Å². The van der Waals surface area contributed by atoms with Gasteiger partial charge in [0.1, 0.15) is 6.04 Å². The average molecular weight is 267 g/mol. The number of hydrogen-bond donors (Lipinski definition) is 2. The first-order chi connectivity index (χ1) is 9.58. The quantitative estimate of drug-likeness (QED) is 0.874. The summed E-state index contributed by atoms with van der Waals surface area (Å²) in [5.74, 6) is -1.01. The highest BCUT2D eigenvalue weighted by atomic mass is 16.4. The van der Waals surface area contributed by atoms with Crippen LogP contribution in [0.3, 0.4) is 0 Å². The summed E-state index contributed by atoms with van der Waals surface area (Å²) < 4.78 is 0. The van der Waals surface area contributed by atoms with Crippen LogP contribution in [0.25, 0.3) is 16.7 Å². The first-order valence-corrected chi connectivity index (χ1v) is 6.40. The van der Waals surface area contributed by atoms with Crippen LogP contribution in [0.2, 0.25) is 0 Å². The minimum absolute atomic E-state index is 0.250. The largest absolute Gasteiger partial charge is 0.480 e. The lowest BCUT2D eigenvalue weighted by Crippen LogP contribution is -2.30. The Balaban J connectivity index is 2.12. The standard InChI is InChI=1S/C17H17NO2/c1-12(11-16(18)17(19)20)13-7-9-15(10-8-13)14-5-3-2-4-6-14/h2-10,16H,1,11,18H2,(H,19,20). The number of carboxylic acid groups (broad SMARTS) is 1. The van der Waals surface area contributed by atoms with Crippen molar-refractivity contribution in [2.75, 3.05) is 0 Å². The third-order valence-corrected chi connectivity index (χ3v) is 3.18. The number of nitrogens with two attached hydrogens (primary N) is 1. The van der Waals surface area contributed by atoms with E-state index in [0.717, 1.165) is 22.3 Å². The lowest BCUT2D eigenvalue weighted by Gasteiger charge is -2.10. The van der Waals surface area contributed by atoms with Crippen LogP contribution >= 0.6 is 0 Å². The summed E-state index contributed by atoms with van der Waals surface area (Å²) in [7, 11) is 0. The zero-order valence-corrected chi connectivity index (χ0v) is 11.1. The Morgan fingerprint density at radius 3 is 2.15 bits per heavy atom. The van der Waals surface area contributed by atoms with Crippen molar-refractivity contribution in [3.05, 3.63) is 66.7 Å². The van der Waals surface area contributed by atoms with Crippen LogP contribution < -0.4 is 5.73 Å². The van der Waals surface area contributed by atoms with Gasteiger partial charge in [-0.25, -0.2) is 0 Å². The molecule has 2 rings (SSSR count). The molecule has 0 radical (unpaired) electrons. The number of benzene rings is 2. The van der Waals surface area contributed by atoms with Crippen LogP contribution in [-0.4, -0.2) is 17.1 Å². The van der Waals surface area contributed by atoms with E-state index in [4.69, 9.17) is 10.8 Å². The molecule has 0 aliphatic heterocycles. The van der Waals surface area contributed by atoms with Crippen LogP contribution in [0.4, 0.5) is 0 Å². The van der Waals surface area contributed by atoms with Crippen molar-refractivity contribution >= 4 is 11.5 Å². The fourth-order valence-electron chi connectivity index (χ4n) is 2.00. The SMILES string of the molecule is C=C(CC(N)C(=O)O)c1ccc(-c2ccccc2)cc1. The van der Waals surface area contributed by atoms with Crippen molar-refractivity contribution in [1.29, 1.82) is 0 Å². The Morgan fingerprint density at radius 2 is 1.60 bits per heavy atom. The van der Waals surface area contributed by atoms with E-state index in [1.54, 1.807) is 0 Å². The van der Waals surface area contributed by atoms with E-state index in [1.165, 1.54) is 0 Å². The number of hydrogen-bond acceptors (Lipinski definition) is 2. The lowest BCUT2D eigenvalue weighted by molar-refractivity contribution is -0.138. The fraction of sp³-hybridized carbons (Fsp3) is 0.118. The van der Waals surface area contributed by atoms with Gasteiger partial charge in [-0.05, 0) is 28.7 Å². The normalized spacial score (nSPS) is 11.8. The summed E-state index contributed by atoms with van der Waals surface area (Å²) in [5.41, 5.74) is 9.43. The number of aliphatic carboxylic acids is 1. The van der Waals surface area contributed by atoms with E-state index >= 15 is 0 Å². The molecule has 0 amide bonds. The van der Waals surface area contributed by atoms with Gasteiger partial charge >= 0.3 is 5.97 Å².